The number of rotatable bonds is 5. The van der Waals surface area contributed by atoms with E-state index < -0.39 is 0 Å². The molecular formula is C13H15NO2S. The van der Waals surface area contributed by atoms with Crippen molar-refractivity contribution >= 4 is 17.7 Å². The lowest BCUT2D eigenvalue weighted by molar-refractivity contribution is -0.126. The van der Waals surface area contributed by atoms with Crippen molar-refractivity contribution < 1.29 is 9.53 Å². The Kier molecular flexibility index (Phi) is 5.44. The average Bonchev–Trinajstić information content (AvgIpc) is 2.36. The van der Waals surface area contributed by atoms with Gasteiger partial charge in [-0.15, -0.1) is 18.2 Å². The zero-order valence-electron chi connectivity index (χ0n) is 9.97. The third kappa shape index (κ3) is 4.41. The van der Waals surface area contributed by atoms with Gasteiger partial charge in [0.15, 0.2) is 0 Å². The van der Waals surface area contributed by atoms with Crippen molar-refractivity contribution in [3.05, 3.63) is 24.3 Å². The van der Waals surface area contributed by atoms with Crippen LogP contribution in [0.3, 0.4) is 0 Å². The predicted octanol–water partition coefficient (Wildman–Crippen LogP) is 1.88. The fourth-order valence-corrected chi connectivity index (χ4v) is 2.06. The van der Waals surface area contributed by atoms with Crippen LogP contribution in [-0.2, 0) is 4.79 Å². The fraction of sp³-hybridized carbons (Fsp3) is 0.308. The number of hydrogen-bond donors (Lipinski definition) is 0. The van der Waals surface area contributed by atoms with E-state index in [1.807, 2.05) is 24.3 Å². The molecule has 0 aliphatic carbocycles. The molecule has 1 aromatic carbocycles. The second-order valence-corrected chi connectivity index (χ2v) is 4.47. The quantitative estimate of drug-likeness (QED) is 0.589. The van der Waals surface area contributed by atoms with E-state index >= 15 is 0 Å². The van der Waals surface area contributed by atoms with Gasteiger partial charge in [-0.05, 0) is 18.2 Å². The molecule has 0 bridgehead atoms. The highest BCUT2D eigenvalue weighted by molar-refractivity contribution is 8.00. The summed E-state index contributed by atoms with van der Waals surface area (Å²) in [6.07, 6.45) is 5.15. The summed E-state index contributed by atoms with van der Waals surface area (Å²) in [5, 5.41) is 0. The van der Waals surface area contributed by atoms with Crippen LogP contribution in [-0.4, -0.2) is 37.3 Å². The van der Waals surface area contributed by atoms with E-state index in [2.05, 4.69) is 5.92 Å². The van der Waals surface area contributed by atoms with E-state index in [-0.39, 0.29) is 5.91 Å². The second kappa shape index (κ2) is 6.87. The lowest BCUT2D eigenvalue weighted by Crippen LogP contribution is -2.28. The number of ether oxygens (including phenoxy) is 1. The molecular weight excluding hydrogens is 234 g/mol. The number of thioether (sulfide) groups is 1. The van der Waals surface area contributed by atoms with E-state index in [4.69, 9.17) is 11.2 Å². The first-order valence-corrected chi connectivity index (χ1v) is 6.10. The maximum atomic E-state index is 11.6. The van der Waals surface area contributed by atoms with Gasteiger partial charge >= 0.3 is 0 Å². The van der Waals surface area contributed by atoms with Crippen LogP contribution in [0.4, 0.5) is 0 Å². The fourth-order valence-electron chi connectivity index (χ4n) is 1.17. The monoisotopic (exact) mass is 249 g/mol. The van der Waals surface area contributed by atoms with Gasteiger partial charge < -0.3 is 9.64 Å². The summed E-state index contributed by atoms with van der Waals surface area (Å²) in [6.45, 7) is 0.345. The Morgan fingerprint density at radius 3 is 3.00 bits per heavy atom. The number of carbonyl (C=O) groups excluding carboxylic acids is 1. The molecule has 1 amide bonds. The molecule has 0 heterocycles. The third-order valence-electron chi connectivity index (χ3n) is 2.16. The maximum Gasteiger partial charge on any atom is 0.233 e. The van der Waals surface area contributed by atoms with Gasteiger partial charge in [-0.2, -0.15) is 0 Å². The van der Waals surface area contributed by atoms with Crippen molar-refractivity contribution in [1.82, 2.24) is 4.90 Å². The highest BCUT2D eigenvalue weighted by atomic mass is 32.2. The Morgan fingerprint density at radius 2 is 2.35 bits per heavy atom. The van der Waals surface area contributed by atoms with E-state index in [9.17, 15) is 4.79 Å². The number of benzene rings is 1. The highest BCUT2D eigenvalue weighted by Gasteiger charge is 2.08. The van der Waals surface area contributed by atoms with Gasteiger partial charge in [-0.3, -0.25) is 4.79 Å². The van der Waals surface area contributed by atoms with Crippen molar-refractivity contribution in [1.29, 1.82) is 0 Å². The molecule has 3 nitrogen and oxygen atoms in total. The van der Waals surface area contributed by atoms with E-state index in [1.54, 1.807) is 14.2 Å². The molecule has 0 aliphatic heterocycles. The zero-order valence-corrected chi connectivity index (χ0v) is 10.8. The van der Waals surface area contributed by atoms with Crippen molar-refractivity contribution in [2.24, 2.45) is 0 Å². The SMILES string of the molecule is C#CCN(C)C(=O)CSc1cccc(OC)c1. The van der Waals surface area contributed by atoms with E-state index in [1.165, 1.54) is 16.7 Å². The number of hydrogen-bond acceptors (Lipinski definition) is 3. The van der Waals surface area contributed by atoms with Gasteiger partial charge in [0.1, 0.15) is 5.75 Å². The van der Waals surface area contributed by atoms with Crippen LogP contribution in [0.5, 0.6) is 5.75 Å². The minimum atomic E-state index is 0.0239. The first kappa shape index (κ1) is 13.5. The van der Waals surface area contributed by atoms with Crippen molar-refractivity contribution in [3.63, 3.8) is 0 Å². The van der Waals surface area contributed by atoms with Gasteiger partial charge in [0.05, 0.1) is 19.4 Å². The summed E-state index contributed by atoms with van der Waals surface area (Å²) in [5.41, 5.74) is 0. The van der Waals surface area contributed by atoms with Gasteiger partial charge in [0, 0.05) is 11.9 Å². The van der Waals surface area contributed by atoms with Gasteiger partial charge in [-0.25, -0.2) is 0 Å². The van der Waals surface area contributed by atoms with Gasteiger partial charge in [0.25, 0.3) is 0 Å². The molecule has 0 saturated heterocycles. The van der Waals surface area contributed by atoms with Crippen LogP contribution in [0.2, 0.25) is 0 Å². The lowest BCUT2D eigenvalue weighted by Gasteiger charge is -2.13. The molecule has 0 radical (unpaired) electrons. The Labute approximate surface area is 106 Å². The molecule has 4 heteroatoms. The van der Waals surface area contributed by atoms with Crippen LogP contribution >= 0.6 is 11.8 Å². The molecule has 0 spiro atoms. The first-order valence-electron chi connectivity index (χ1n) is 5.11. The topological polar surface area (TPSA) is 29.5 Å². The molecule has 0 fully saturated rings. The average molecular weight is 249 g/mol. The summed E-state index contributed by atoms with van der Waals surface area (Å²) in [6, 6.07) is 7.62. The molecule has 90 valence electrons. The van der Waals surface area contributed by atoms with Crippen LogP contribution in [0.1, 0.15) is 0 Å². The molecule has 17 heavy (non-hydrogen) atoms. The summed E-state index contributed by atoms with van der Waals surface area (Å²) in [5.74, 6) is 3.64. The van der Waals surface area contributed by atoms with Crippen LogP contribution < -0.4 is 4.74 Å². The maximum absolute atomic E-state index is 11.6. The first-order chi connectivity index (χ1) is 8.17. The van der Waals surface area contributed by atoms with Gasteiger partial charge in [-0.1, -0.05) is 12.0 Å². The Hall–Kier alpha value is -1.60. The Bertz CT molecular complexity index is 426. The summed E-state index contributed by atoms with van der Waals surface area (Å²) in [7, 11) is 3.32. The molecule has 1 rings (SSSR count). The number of nitrogens with zero attached hydrogens (tertiary/aromatic N) is 1. The third-order valence-corrected chi connectivity index (χ3v) is 3.14. The minimum absolute atomic E-state index is 0.0239. The predicted molar refractivity (Wildman–Crippen MR) is 70.2 cm³/mol. The lowest BCUT2D eigenvalue weighted by atomic mass is 10.3. The second-order valence-electron chi connectivity index (χ2n) is 3.42. The number of carbonyl (C=O) groups is 1. The molecule has 0 aliphatic rings. The van der Waals surface area contributed by atoms with Crippen molar-refractivity contribution in [2.75, 3.05) is 26.5 Å². The molecule has 0 aromatic heterocycles. The smallest absolute Gasteiger partial charge is 0.233 e. The van der Waals surface area contributed by atoms with Crippen LogP contribution in [0.25, 0.3) is 0 Å². The molecule has 0 N–H and O–H groups in total. The molecule has 0 atom stereocenters. The molecule has 0 saturated carbocycles. The van der Waals surface area contributed by atoms with Crippen molar-refractivity contribution in [3.8, 4) is 18.1 Å². The summed E-state index contributed by atoms with van der Waals surface area (Å²) < 4.78 is 5.11. The van der Waals surface area contributed by atoms with Crippen molar-refractivity contribution in [2.45, 2.75) is 4.90 Å². The van der Waals surface area contributed by atoms with Crippen LogP contribution in [0, 0.1) is 12.3 Å². The molecule has 1 aromatic rings. The number of methoxy groups -OCH3 is 1. The molecule has 0 unspecified atom stereocenters. The largest absolute Gasteiger partial charge is 0.497 e. The normalized spacial score (nSPS) is 9.47. The zero-order chi connectivity index (χ0) is 12.7. The Balaban J connectivity index is 2.50. The number of terminal acetylenes is 1. The van der Waals surface area contributed by atoms with E-state index in [0.717, 1.165) is 10.6 Å². The Morgan fingerprint density at radius 1 is 1.59 bits per heavy atom. The highest BCUT2D eigenvalue weighted by Crippen LogP contribution is 2.22. The number of amides is 1. The summed E-state index contributed by atoms with van der Waals surface area (Å²) >= 11 is 1.47. The summed E-state index contributed by atoms with van der Waals surface area (Å²) in [4.78, 5) is 14.2. The minimum Gasteiger partial charge on any atom is -0.497 e. The van der Waals surface area contributed by atoms with E-state index in [0.29, 0.717) is 12.3 Å². The van der Waals surface area contributed by atoms with Crippen LogP contribution in [0.15, 0.2) is 29.2 Å². The standard InChI is InChI=1S/C13H15NO2S/c1-4-8-14(2)13(15)10-17-12-7-5-6-11(9-12)16-3/h1,5-7,9H,8,10H2,2-3H3. The van der Waals surface area contributed by atoms with Gasteiger partial charge in [0.2, 0.25) is 5.91 Å².